The normalized spacial score (nSPS) is 13.8. The number of ether oxygens (including phenoxy) is 1. The molecule has 2 amide bonds. The zero-order valence-electron chi connectivity index (χ0n) is 21.9. The van der Waals surface area contributed by atoms with Crippen molar-refractivity contribution in [1.82, 2.24) is 14.9 Å². The van der Waals surface area contributed by atoms with Crippen molar-refractivity contribution >= 4 is 40.5 Å². The molecule has 0 unspecified atom stereocenters. The van der Waals surface area contributed by atoms with Gasteiger partial charge < -0.3 is 25.2 Å². The van der Waals surface area contributed by atoms with Crippen LogP contribution < -0.4 is 25.2 Å². The van der Waals surface area contributed by atoms with E-state index < -0.39 is 11.0 Å². The maximum atomic E-state index is 12.7. The Morgan fingerprint density at radius 3 is 2.58 bits per heavy atom. The molecular formula is C26H32N8O4. The van der Waals surface area contributed by atoms with Gasteiger partial charge in [-0.1, -0.05) is 6.07 Å². The Bertz CT molecular complexity index is 1290. The average molecular weight is 521 g/mol. The van der Waals surface area contributed by atoms with Crippen LogP contribution in [0.15, 0.2) is 54.7 Å². The second-order valence-corrected chi connectivity index (χ2v) is 9.23. The number of urea groups is 1. The van der Waals surface area contributed by atoms with E-state index in [2.05, 4.69) is 44.5 Å². The maximum absolute atomic E-state index is 12.7. The molecule has 1 fully saturated rings. The summed E-state index contributed by atoms with van der Waals surface area (Å²) in [6, 6.07) is 13.4. The number of nitro benzene ring substituents is 1. The van der Waals surface area contributed by atoms with Gasteiger partial charge in [0.2, 0.25) is 5.95 Å². The van der Waals surface area contributed by atoms with Crippen LogP contribution in [0.2, 0.25) is 0 Å². The summed E-state index contributed by atoms with van der Waals surface area (Å²) in [5.41, 5.74) is 1.98. The monoisotopic (exact) mass is 520 g/mol. The summed E-state index contributed by atoms with van der Waals surface area (Å²) in [5, 5.41) is 16.8. The number of nitro groups is 1. The Morgan fingerprint density at radius 2 is 1.89 bits per heavy atom. The molecule has 0 aliphatic carbocycles. The maximum Gasteiger partial charge on any atom is 0.327 e. The van der Waals surface area contributed by atoms with Crippen molar-refractivity contribution in [3.8, 4) is 5.75 Å². The van der Waals surface area contributed by atoms with Gasteiger partial charge in [-0.3, -0.25) is 15.0 Å². The Hall–Kier alpha value is -4.45. The van der Waals surface area contributed by atoms with Gasteiger partial charge in [0.25, 0.3) is 5.69 Å². The predicted molar refractivity (Wildman–Crippen MR) is 148 cm³/mol. The lowest BCUT2D eigenvalue weighted by atomic mass is 10.0. The molecule has 1 aliphatic heterocycles. The van der Waals surface area contributed by atoms with Crippen molar-refractivity contribution in [1.29, 1.82) is 0 Å². The molecule has 0 radical (unpaired) electrons. The van der Waals surface area contributed by atoms with E-state index in [1.807, 2.05) is 18.2 Å². The lowest BCUT2D eigenvalue weighted by Crippen LogP contribution is -2.41. The number of rotatable bonds is 8. The molecule has 4 rings (SSSR count). The topological polar surface area (TPSA) is 129 Å². The number of carbonyl (C=O) groups is 1. The third-order valence-corrected chi connectivity index (χ3v) is 6.59. The van der Waals surface area contributed by atoms with E-state index in [9.17, 15) is 14.9 Å². The SMILES string of the molecule is COc1cc(N2CCC(N(C)C)CC2)ccc1Nc1nccc(N(C)C(=O)Nc2cccc([N+](=O)[O-])c2)n1. The number of non-ortho nitro benzene ring substituents is 1. The van der Waals surface area contributed by atoms with Gasteiger partial charge in [0.1, 0.15) is 11.6 Å². The van der Waals surface area contributed by atoms with Crippen molar-refractivity contribution in [3.63, 3.8) is 0 Å². The first-order valence-corrected chi connectivity index (χ1v) is 12.2. The number of anilines is 5. The minimum Gasteiger partial charge on any atom is -0.494 e. The fourth-order valence-electron chi connectivity index (χ4n) is 4.35. The number of carbonyl (C=O) groups excluding carboxylic acids is 1. The number of nitrogens with zero attached hydrogens (tertiary/aromatic N) is 6. The number of methoxy groups -OCH3 is 1. The Kier molecular flexibility index (Phi) is 8.22. The van der Waals surface area contributed by atoms with Crippen molar-refractivity contribution in [2.45, 2.75) is 18.9 Å². The Labute approximate surface area is 221 Å². The zero-order chi connectivity index (χ0) is 27.2. The molecule has 2 aromatic carbocycles. The second kappa shape index (κ2) is 11.7. The molecule has 12 nitrogen and oxygen atoms in total. The van der Waals surface area contributed by atoms with E-state index in [-0.39, 0.29) is 11.6 Å². The Morgan fingerprint density at radius 1 is 1.13 bits per heavy atom. The summed E-state index contributed by atoms with van der Waals surface area (Å²) >= 11 is 0. The van der Waals surface area contributed by atoms with Gasteiger partial charge >= 0.3 is 6.03 Å². The highest BCUT2D eigenvalue weighted by Gasteiger charge is 2.22. The lowest BCUT2D eigenvalue weighted by molar-refractivity contribution is -0.384. The first kappa shape index (κ1) is 26.6. The summed E-state index contributed by atoms with van der Waals surface area (Å²) < 4.78 is 5.64. The summed E-state index contributed by atoms with van der Waals surface area (Å²) in [7, 11) is 7.42. The van der Waals surface area contributed by atoms with Crippen LogP contribution in [-0.2, 0) is 0 Å². The molecule has 38 heavy (non-hydrogen) atoms. The largest absolute Gasteiger partial charge is 0.494 e. The van der Waals surface area contributed by atoms with Crippen LogP contribution in [0.4, 0.5) is 39.3 Å². The van der Waals surface area contributed by atoms with Gasteiger partial charge in [0, 0.05) is 61.9 Å². The van der Waals surface area contributed by atoms with E-state index in [1.54, 1.807) is 26.3 Å². The summed E-state index contributed by atoms with van der Waals surface area (Å²) in [6.45, 7) is 1.96. The molecule has 0 bridgehead atoms. The van der Waals surface area contributed by atoms with Crippen LogP contribution >= 0.6 is 0 Å². The highest BCUT2D eigenvalue weighted by Crippen LogP contribution is 2.33. The van der Waals surface area contributed by atoms with Gasteiger partial charge in [-0.15, -0.1) is 0 Å². The van der Waals surface area contributed by atoms with Crippen LogP contribution in [0, 0.1) is 10.1 Å². The summed E-state index contributed by atoms with van der Waals surface area (Å²) in [6.07, 6.45) is 3.76. The molecule has 1 aromatic heterocycles. The van der Waals surface area contributed by atoms with Gasteiger partial charge in [-0.25, -0.2) is 9.78 Å². The molecule has 0 atom stereocenters. The van der Waals surface area contributed by atoms with Gasteiger partial charge in [-0.05, 0) is 51.2 Å². The molecule has 2 heterocycles. The number of piperidine rings is 1. The van der Waals surface area contributed by atoms with Crippen molar-refractivity contribution < 1.29 is 14.5 Å². The van der Waals surface area contributed by atoms with Gasteiger partial charge in [0.05, 0.1) is 17.7 Å². The van der Waals surface area contributed by atoms with Crippen LogP contribution in [0.5, 0.6) is 5.75 Å². The van der Waals surface area contributed by atoms with Crippen LogP contribution in [0.1, 0.15) is 12.8 Å². The lowest BCUT2D eigenvalue weighted by Gasteiger charge is -2.36. The standard InChI is InChI=1S/C26H32N8O4/c1-31(2)19-11-14-33(15-12-19)20-8-9-22(23(17-20)38-4)29-25-27-13-10-24(30-25)32(3)26(35)28-18-6-5-7-21(16-18)34(36)37/h5-10,13,16-17,19H,11-12,14-15H2,1-4H3,(H,28,35)(H,27,29,30). The second-order valence-electron chi connectivity index (χ2n) is 9.23. The van der Waals surface area contributed by atoms with Crippen molar-refractivity contribution in [2.24, 2.45) is 0 Å². The smallest absolute Gasteiger partial charge is 0.327 e. The van der Waals surface area contributed by atoms with E-state index in [4.69, 9.17) is 4.74 Å². The average Bonchev–Trinajstić information content (AvgIpc) is 2.93. The van der Waals surface area contributed by atoms with E-state index in [1.165, 1.54) is 29.3 Å². The third kappa shape index (κ3) is 6.27. The van der Waals surface area contributed by atoms with Crippen LogP contribution in [0.3, 0.4) is 0 Å². The molecule has 12 heteroatoms. The number of hydrogen-bond acceptors (Lipinski definition) is 9. The molecule has 1 aliphatic rings. The fourth-order valence-corrected chi connectivity index (χ4v) is 4.35. The molecular weight excluding hydrogens is 488 g/mol. The fraction of sp³-hybridized carbons (Fsp3) is 0.346. The summed E-state index contributed by atoms with van der Waals surface area (Å²) in [5.74, 6) is 1.28. The zero-order valence-corrected chi connectivity index (χ0v) is 21.9. The highest BCUT2D eigenvalue weighted by atomic mass is 16.6. The van der Waals surface area contributed by atoms with Gasteiger partial charge in [-0.2, -0.15) is 4.98 Å². The number of nitrogens with one attached hydrogen (secondary N) is 2. The van der Waals surface area contributed by atoms with Crippen molar-refractivity contribution in [3.05, 3.63) is 64.8 Å². The number of benzene rings is 2. The molecule has 200 valence electrons. The quantitative estimate of drug-likeness (QED) is 0.329. The predicted octanol–water partition coefficient (Wildman–Crippen LogP) is 4.34. The molecule has 0 saturated carbocycles. The molecule has 3 aromatic rings. The molecule has 1 saturated heterocycles. The number of amides is 2. The number of aromatic nitrogens is 2. The number of hydrogen-bond donors (Lipinski definition) is 2. The first-order chi connectivity index (χ1) is 18.2. The van der Waals surface area contributed by atoms with Gasteiger partial charge in [0.15, 0.2) is 0 Å². The molecule has 0 spiro atoms. The Balaban J connectivity index is 1.44. The van der Waals surface area contributed by atoms with Crippen molar-refractivity contribution in [2.75, 3.05) is 61.8 Å². The van der Waals surface area contributed by atoms with Crippen LogP contribution in [-0.4, -0.2) is 73.2 Å². The van der Waals surface area contributed by atoms with Crippen LogP contribution in [0.25, 0.3) is 0 Å². The highest BCUT2D eigenvalue weighted by molar-refractivity contribution is 6.00. The van der Waals surface area contributed by atoms with E-state index in [0.29, 0.717) is 29.0 Å². The van der Waals surface area contributed by atoms with E-state index >= 15 is 0 Å². The summed E-state index contributed by atoms with van der Waals surface area (Å²) in [4.78, 5) is 37.9. The third-order valence-electron chi connectivity index (χ3n) is 6.59. The minimum absolute atomic E-state index is 0.114. The van der Waals surface area contributed by atoms with E-state index in [0.717, 1.165) is 31.6 Å². The first-order valence-electron chi connectivity index (χ1n) is 12.2. The molecule has 2 N–H and O–H groups in total. The minimum atomic E-state index is -0.518.